The first-order chi connectivity index (χ1) is 7.90. The van der Waals surface area contributed by atoms with E-state index >= 15 is 0 Å². The highest BCUT2D eigenvalue weighted by molar-refractivity contribution is 5.82. The van der Waals surface area contributed by atoms with Crippen molar-refractivity contribution < 1.29 is 14.7 Å². The Hall–Kier alpha value is -1.84. The van der Waals surface area contributed by atoms with Gasteiger partial charge in [-0.1, -0.05) is 23.8 Å². The van der Waals surface area contributed by atoms with E-state index in [4.69, 9.17) is 5.11 Å². The monoisotopic (exact) mass is 235 g/mol. The molecule has 0 radical (unpaired) electrons. The van der Waals surface area contributed by atoms with Crippen molar-refractivity contribution in [2.45, 2.75) is 33.2 Å². The molecule has 4 heteroatoms. The second-order valence-electron chi connectivity index (χ2n) is 4.23. The molecule has 2 N–H and O–H groups in total. The molecule has 0 aliphatic rings. The summed E-state index contributed by atoms with van der Waals surface area (Å²) in [4.78, 5) is 21.9. The number of carboxylic acids is 1. The number of rotatable bonds is 4. The summed E-state index contributed by atoms with van der Waals surface area (Å²) in [6, 6.07) is 4.98. The third-order valence-corrected chi connectivity index (χ3v) is 2.60. The van der Waals surface area contributed by atoms with Gasteiger partial charge in [0.1, 0.15) is 6.04 Å². The second kappa shape index (κ2) is 5.48. The number of carbonyl (C=O) groups is 2. The fraction of sp³-hybridized carbons (Fsp3) is 0.385. The Balaban J connectivity index is 2.86. The lowest BCUT2D eigenvalue weighted by molar-refractivity contribution is -0.141. The molecule has 0 aliphatic carbocycles. The number of nitrogens with one attached hydrogen (secondary N) is 1. The van der Waals surface area contributed by atoms with Crippen molar-refractivity contribution in [2.24, 2.45) is 0 Å². The van der Waals surface area contributed by atoms with Crippen LogP contribution in [-0.4, -0.2) is 23.0 Å². The van der Waals surface area contributed by atoms with Gasteiger partial charge in [0.2, 0.25) is 5.91 Å². The van der Waals surface area contributed by atoms with Crippen molar-refractivity contribution in [2.75, 3.05) is 0 Å². The van der Waals surface area contributed by atoms with Gasteiger partial charge in [-0.25, -0.2) is 4.79 Å². The molecular formula is C13H17NO3. The maximum absolute atomic E-state index is 11.0. The Bertz CT molecular complexity index is 440. The molecular weight excluding hydrogens is 218 g/mol. The van der Waals surface area contributed by atoms with E-state index in [1.807, 2.05) is 32.0 Å². The number of hydrogen-bond donors (Lipinski definition) is 2. The van der Waals surface area contributed by atoms with Crippen molar-refractivity contribution in [3.8, 4) is 0 Å². The van der Waals surface area contributed by atoms with Crippen molar-refractivity contribution in [3.05, 3.63) is 34.9 Å². The quantitative estimate of drug-likeness (QED) is 0.829. The van der Waals surface area contributed by atoms with Gasteiger partial charge in [0.15, 0.2) is 0 Å². The molecule has 92 valence electrons. The lowest BCUT2D eigenvalue weighted by atomic mass is 9.99. The van der Waals surface area contributed by atoms with Crippen LogP contribution in [0.5, 0.6) is 0 Å². The molecule has 1 rings (SSSR count). The third-order valence-electron chi connectivity index (χ3n) is 2.60. The van der Waals surface area contributed by atoms with Crippen LogP contribution in [0.25, 0.3) is 0 Å². The van der Waals surface area contributed by atoms with Crippen LogP contribution in [0.2, 0.25) is 0 Å². The summed E-state index contributed by atoms with van der Waals surface area (Å²) in [6.07, 6.45) is 0.307. The molecule has 1 amide bonds. The molecule has 1 unspecified atom stereocenters. The summed E-state index contributed by atoms with van der Waals surface area (Å²) in [5.74, 6) is -1.35. The minimum Gasteiger partial charge on any atom is -0.480 e. The standard InChI is InChI=1S/C13H17NO3/c1-8-4-5-11(9(2)6-8)7-12(13(16)17)14-10(3)15/h4-6,12H,7H2,1-3H3,(H,14,15)(H,16,17). The van der Waals surface area contributed by atoms with Crippen LogP contribution < -0.4 is 5.32 Å². The first-order valence-electron chi connectivity index (χ1n) is 5.46. The highest BCUT2D eigenvalue weighted by Gasteiger charge is 2.19. The molecule has 0 bridgehead atoms. The van der Waals surface area contributed by atoms with E-state index in [1.165, 1.54) is 6.92 Å². The highest BCUT2D eigenvalue weighted by atomic mass is 16.4. The van der Waals surface area contributed by atoms with Crippen molar-refractivity contribution in [1.82, 2.24) is 5.32 Å². The van der Waals surface area contributed by atoms with E-state index < -0.39 is 12.0 Å². The molecule has 17 heavy (non-hydrogen) atoms. The van der Waals surface area contributed by atoms with Gasteiger partial charge in [0, 0.05) is 13.3 Å². The molecule has 1 aromatic rings. The summed E-state index contributed by atoms with van der Waals surface area (Å²) in [6.45, 7) is 5.24. The minimum absolute atomic E-state index is 0.307. The van der Waals surface area contributed by atoms with Crippen molar-refractivity contribution >= 4 is 11.9 Å². The topological polar surface area (TPSA) is 66.4 Å². The Kier molecular flexibility index (Phi) is 4.26. The number of aliphatic carboxylic acids is 1. The van der Waals surface area contributed by atoms with Crippen LogP contribution >= 0.6 is 0 Å². The largest absolute Gasteiger partial charge is 0.480 e. The minimum atomic E-state index is -1.01. The number of carboxylic acid groups (broad SMARTS) is 1. The van der Waals surface area contributed by atoms with Gasteiger partial charge in [-0.2, -0.15) is 0 Å². The van der Waals surface area contributed by atoms with Gasteiger partial charge in [0.05, 0.1) is 0 Å². The summed E-state index contributed by atoms with van der Waals surface area (Å²) in [7, 11) is 0. The first kappa shape index (κ1) is 13.2. The maximum atomic E-state index is 11.0. The molecule has 0 aliphatic heterocycles. The van der Waals surface area contributed by atoms with Crippen molar-refractivity contribution in [3.63, 3.8) is 0 Å². The Morgan fingerprint density at radius 2 is 2.00 bits per heavy atom. The molecule has 0 saturated heterocycles. The van der Waals surface area contributed by atoms with E-state index in [0.29, 0.717) is 6.42 Å². The summed E-state index contributed by atoms with van der Waals surface area (Å²) in [5.41, 5.74) is 3.12. The number of aryl methyl sites for hydroxylation is 2. The fourth-order valence-electron chi connectivity index (χ4n) is 1.74. The molecule has 4 nitrogen and oxygen atoms in total. The van der Waals surface area contributed by atoms with Crippen LogP contribution in [-0.2, 0) is 16.0 Å². The average Bonchev–Trinajstić information content (AvgIpc) is 2.19. The number of carbonyl (C=O) groups excluding carboxylic acids is 1. The van der Waals surface area contributed by atoms with Gasteiger partial charge < -0.3 is 10.4 Å². The number of amides is 1. The van der Waals surface area contributed by atoms with Crippen LogP contribution in [0.1, 0.15) is 23.6 Å². The van der Waals surface area contributed by atoms with Crippen LogP contribution in [0.3, 0.4) is 0 Å². The summed E-state index contributed by atoms with van der Waals surface area (Å²) < 4.78 is 0. The zero-order valence-corrected chi connectivity index (χ0v) is 10.3. The van der Waals surface area contributed by atoms with Gasteiger partial charge in [-0.05, 0) is 25.0 Å². The first-order valence-corrected chi connectivity index (χ1v) is 5.46. The molecule has 1 atom stereocenters. The van der Waals surface area contributed by atoms with Gasteiger partial charge in [0.25, 0.3) is 0 Å². The average molecular weight is 235 g/mol. The molecule has 0 saturated carbocycles. The van der Waals surface area contributed by atoms with Crippen molar-refractivity contribution in [1.29, 1.82) is 0 Å². The zero-order valence-electron chi connectivity index (χ0n) is 10.3. The Morgan fingerprint density at radius 3 is 2.47 bits per heavy atom. The third kappa shape index (κ3) is 3.90. The molecule has 0 heterocycles. The lowest BCUT2D eigenvalue weighted by Gasteiger charge is -2.15. The van der Waals surface area contributed by atoms with Gasteiger partial charge in [-0.15, -0.1) is 0 Å². The highest BCUT2D eigenvalue weighted by Crippen LogP contribution is 2.12. The van der Waals surface area contributed by atoms with Crippen LogP contribution in [0, 0.1) is 13.8 Å². The smallest absolute Gasteiger partial charge is 0.326 e. The van der Waals surface area contributed by atoms with Crippen LogP contribution in [0.4, 0.5) is 0 Å². The SMILES string of the molecule is CC(=O)NC(Cc1ccc(C)cc1C)C(=O)O. The normalized spacial score (nSPS) is 11.9. The zero-order chi connectivity index (χ0) is 13.0. The second-order valence-corrected chi connectivity index (χ2v) is 4.23. The maximum Gasteiger partial charge on any atom is 0.326 e. The molecule has 0 spiro atoms. The van der Waals surface area contributed by atoms with E-state index in [-0.39, 0.29) is 5.91 Å². The summed E-state index contributed by atoms with van der Waals surface area (Å²) in [5, 5.41) is 11.4. The molecule has 0 fully saturated rings. The fourth-order valence-corrected chi connectivity index (χ4v) is 1.74. The van der Waals surface area contributed by atoms with Gasteiger partial charge in [-0.3, -0.25) is 4.79 Å². The molecule has 1 aromatic carbocycles. The van der Waals surface area contributed by atoms with E-state index in [2.05, 4.69) is 5.32 Å². The molecule has 0 aromatic heterocycles. The number of hydrogen-bond acceptors (Lipinski definition) is 2. The lowest BCUT2D eigenvalue weighted by Crippen LogP contribution is -2.41. The number of benzene rings is 1. The van der Waals surface area contributed by atoms with E-state index in [9.17, 15) is 9.59 Å². The summed E-state index contributed by atoms with van der Waals surface area (Å²) >= 11 is 0. The Morgan fingerprint density at radius 1 is 1.35 bits per heavy atom. The predicted molar refractivity (Wildman–Crippen MR) is 64.9 cm³/mol. The predicted octanol–water partition coefficient (Wildman–Crippen LogP) is 1.44. The van der Waals surface area contributed by atoms with Crippen LogP contribution in [0.15, 0.2) is 18.2 Å². The van der Waals surface area contributed by atoms with Gasteiger partial charge >= 0.3 is 5.97 Å². The van der Waals surface area contributed by atoms with E-state index in [0.717, 1.165) is 16.7 Å². The van der Waals surface area contributed by atoms with E-state index in [1.54, 1.807) is 0 Å². The Labute approximate surface area is 101 Å².